The molecule has 0 saturated carbocycles. The number of benzene rings is 6. The lowest BCUT2D eigenvalue weighted by molar-refractivity contribution is 0.620. The third kappa shape index (κ3) is 4.52. The highest BCUT2D eigenvalue weighted by molar-refractivity contribution is 6.10. The molecule has 0 aliphatic heterocycles. The van der Waals surface area contributed by atoms with Gasteiger partial charge in [0, 0.05) is 27.5 Å². The average molecular weight is 593 g/mol. The highest BCUT2D eigenvalue weighted by Crippen LogP contribution is 2.38. The highest BCUT2D eigenvalue weighted by atomic mass is 16.3. The van der Waals surface area contributed by atoms with Crippen LogP contribution in [0, 0.1) is 0 Å². The smallest absolute Gasteiger partial charge is 0.227 e. The van der Waals surface area contributed by atoms with Crippen molar-refractivity contribution in [2.45, 2.75) is 0 Å². The summed E-state index contributed by atoms with van der Waals surface area (Å²) in [5.74, 6) is 2.39. The lowest BCUT2D eigenvalue weighted by Crippen LogP contribution is -2.00. The Bertz CT molecular complexity index is 2460. The van der Waals surface area contributed by atoms with Gasteiger partial charge in [0.15, 0.2) is 23.1 Å². The molecule has 3 heterocycles. The Balaban J connectivity index is 1.16. The number of oxazole rings is 1. The number of hydrogen-bond acceptors (Lipinski definition) is 6. The van der Waals surface area contributed by atoms with Crippen molar-refractivity contribution in [1.82, 2.24) is 19.9 Å². The summed E-state index contributed by atoms with van der Waals surface area (Å²) in [7, 11) is 0. The summed E-state index contributed by atoms with van der Waals surface area (Å²) in [5.41, 5.74) is 8.71. The van der Waals surface area contributed by atoms with Crippen LogP contribution in [0.1, 0.15) is 0 Å². The van der Waals surface area contributed by atoms with Crippen LogP contribution in [-0.4, -0.2) is 19.9 Å². The van der Waals surface area contributed by atoms with Crippen molar-refractivity contribution in [3.05, 3.63) is 146 Å². The summed E-state index contributed by atoms with van der Waals surface area (Å²) in [6.45, 7) is 0. The molecule has 0 bridgehead atoms. The van der Waals surface area contributed by atoms with Gasteiger partial charge in [-0.3, -0.25) is 0 Å². The Kier molecular flexibility index (Phi) is 6.03. The first kappa shape index (κ1) is 26.0. The van der Waals surface area contributed by atoms with Crippen molar-refractivity contribution < 1.29 is 8.83 Å². The van der Waals surface area contributed by atoms with Gasteiger partial charge in [0.25, 0.3) is 0 Å². The van der Waals surface area contributed by atoms with Crippen LogP contribution in [0.3, 0.4) is 0 Å². The maximum Gasteiger partial charge on any atom is 0.227 e. The summed E-state index contributed by atoms with van der Waals surface area (Å²) in [5, 5.41) is 2.02. The maximum absolute atomic E-state index is 6.60. The third-order valence-electron chi connectivity index (χ3n) is 8.18. The van der Waals surface area contributed by atoms with Crippen molar-refractivity contribution in [2.24, 2.45) is 0 Å². The average Bonchev–Trinajstić information content (AvgIpc) is 3.73. The van der Waals surface area contributed by atoms with Gasteiger partial charge in [0.05, 0.1) is 5.56 Å². The van der Waals surface area contributed by atoms with Crippen LogP contribution in [-0.2, 0) is 0 Å². The van der Waals surface area contributed by atoms with Crippen molar-refractivity contribution in [2.75, 3.05) is 0 Å². The molecule has 0 fully saturated rings. The van der Waals surface area contributed by atoms with E-state index in [9.17, 15) is 0 Å². The fourth-order valence-electron chi connectivity index (χ4n) is 5.89. The Labute approximate surface area is 263 Å². The van der Waals surface area contributed by atoms with Crippen molar-refractivity contribution in [3.63, 3.8) is 0 Å². The maximum atomic E-state index is 6.60. The van der Waals surface area contributed by atoms with Crippen LogP contribution in [0.5, 0.6) is 0 Å². The van der Waals surface area contributed by atoms with Gasteiger partial charge in [-0.25, -0.2) is 19.9 Å². The number of aromatic nitrogens is 4. The molecular weight excluding hydrogens is 568 g/mol. The zero-order valence-electron chi connectivity index (χ0n) is 24.5. The number of rotatable bonds is 5. The minimum Gasteiger partial charge on any atom is -0.455 e. The topological polar surface area (TPSA) is 77.8 Å². The minimum absolute atomic E-state index is 0.558. The Morgan fingerprint density at radius 1 is 0.370 bits per heavy atom. The monoisotopic (exact) mass is 592 g/mol. The van der Waals surface area contributed by atoms with Gasteiger partial charge in [-0.2, -0.15) is 0 Å². The first-order valence-electron chi connectivity index (χ1n) is 15.1. The van der Waals surface area contributed by atoms with E-state index in [2.05, 4.69) is 35.3 Å². The number of hydrogen-bond donors (Lipinski definition) is 0. The lowest BCUT2D eigenvalue weighted by atomic mass is 10.0. The molecule has 6 aromatic carbocycles. The van der Waals surface area contributed by atoms with E-state index in [1.54, 1.807) is 0 Å². The van der Waals surface area contributed by atoms with E-state index in [4.69, 9.17) is 23.8 Å². The molecule has 9 aromatic rings. The molecule has 3 aromatic heterocycles. The summed E-state index contributed by atoms with van der Waals surface area (Å²) < 4.78 is 12.8. The van der Waals surface area contributed by atoms with Crippen LogP contribution in [0.25, 0.3) is 89.8 Å². The summed E-state index contributed by atoms with van der Waals surface area (Å²) >= 11 is 0. The van der Waals surface area contributed by atoms with E-state index >= 15 is 0 Å². The molecule has 0 spiro atoms. The van der Waals surface area contributed by atoms with Gasteiger partial charge >= 0.3 is 0 Å². The fraction of sp³-hybridized carbons (Fsp3) is 0. The molecule has 6 nitrogen and oxygen atoms in total. The summed E-state index contributed by atoms with van der Waals surface area (Å²) in [6.07, 6.45) is 0. The molecule has 0 radical (unpaired) electrons. The molecule has 216 valence electrons. The second kappa shape index (κ2) is 10.6. The SMILES string of the molecule is c1ccc(-c2nc(-c3ccccc3)nc(-c3cccc4c3oc3cc(-c5ccc6nc(-c7ccccc7)oc6c5)ccc34)n2)cc1. The van der Waals surface area contributed by atoms with Crippen molar-refractivity contribution in [1.29, 1.82) is 0 Å². The zero-order valence-corrected chi connectivity index (χ0v) is 24.5. The second-order valence-corrected chi connectivity index (χ2v) is 11.1. The van der Waals surface area contributed by atoms with Crippen LogP contribution >= 0.6 is 0 Å². The first-order valence-corrected chi connectivity index (χ1v) is 15.1. The van der Waals surface area contributed by atoms with Gasteiger partial charge < -0.3 is 8.83 Å². The van der Waals surface area contributed by atoms with Gasteiger partial charge in [0.2, 0.25) is 5.89 Å². The van der Waals surface area contributed by atoms with E-state index in [0.717, 1.165) is 66.4 Å². The molecule has 0 atom stereocenters. The van der Waals surface area contributed by atoms with Crippen LogP contribution in [0.4, 0.5) is 0 Å². The Hall–Kier alpha value is -6.40. The van der Waals surface area contributed by atoms with Gasteiger partial charge in [-0.15, -0.1) is 0 Å². The first-order chi connectivity index (χ1) is 22.8. The number of fused-ring (bicyclic) bond motifs is 4. The van der Waals surface area contributed by atoms with Crippen LogP contribution in [0.15, 0.2) is 154 Å². The predicted molar refractivity (Wildman–Crippen MR) is 182 cm³/mol. The van der Waals surface area contributed by atoms with E-state index < -0.39 is 0 Å². The number of para-hydroxylation sites is 1. The van der Waals surface area contributed by atoms with Gasteiger partial charge in [0.1, 0.15) is 16.7 Å². The summed E-state index contributed by atoms with van der Waals surface area (Å²) in [6, 6.07) is 48.4. The molecule has 6 heteroatoms. The van der Waals surface area contributed by atoms with E-state index in [1.807, 2.05) is 115 Å². The van der Waals surface area contributed by atoms with Crippen molar-refractivity contribution in [3.8, 4) is 56.7 Å². The largest absolute Gasteiger partial charge is 0.455 e. The standard InChI is InChI=1S/C40H24N4O2/c1-4-11-25(12-5-1)37-42-38(26-13-6-2-7-14-26)44-39(43-37)32-18-10-17-31-30-21-19-28(23-34(30)45-36(31)32)29-20-22-33-35(24-29)46-40(41-33)27-15-8-3-9-16-27/h1-24H. The summed E-state index contributed by atoms with van der Waals surface area (Å²) in [4.78, 5) is 19.4. The molecule has 46 heavy (non-hydrogen) atoms. The molecule has 0 aliphatic rings. The van der Waals surface area contributed by atoms with Gasteiger partial charge in [-0.1, -0.05) is 103 Å². The number of furan rings is 1. The van der Waals surface area contributed by atoms with E-state index in [0.29, 0.717) is 23.4 Å². The third-order valence-corrected chi connectivity index (χ3v) is 8.18. The van der Waals surface area contributed by atoms with Gasteiger partial charge in [-0.05, 0) is 53.6 Å². The van der Waals surface area contributed by atoms with E-state index in [-0.39, 0.29) is 0 Å². The molecule has 9 rings (SSSR count). The zero-order chi connectivity index (χ0) is 30.5. The molecule has 0 aliphatic carbocycles. The minimum atomic E-state index is 0.558. The highest BCUT2D eigenvalue weighted by Gasteiger charge is 2.18. The molecule has 0 N–H and O–H groups in total. The number of nitrogens with zero attached hydrogens (tertiary/aromatic N) is 4. The molecular formula is C40H24N4O2. The fourth-order valence-corrected chi connectivity index (χ4v) is 5.89. The van der Waals surface area contributed by atoms with Crippen LogP contribution < -0.4 is 0 Å². The second-order valence-electron chi connectivity index (χ2n) is 11.1. The Morgan fingerprint density at radius 3 is 1.63 bits per heavy atom. The lowest BCUT2D eigenvalue weighted by Gasteiger charge is -2.08. The quantitative estimate of drug-likeness (QED) is 0.198. The van der Waals surface area contributed by atoms with E-state index in [1.165, 1.54) is 0 Å². The van der Waals surface area contributed by atoms with Crippen LogP contribution in [0.2, 0.25) is 0 Å². The molecule has 0 unspecified atom stereocenters. The Morgan fingerprint density at radius 2 is 0.957 bits per heavy atom. The van der Waals surface area contributed by atoms with Crippen molar-refractivity contribution >= 4 is 33.0 Å². The molecule has 0 amide bonds. The molecule has 0 saturated heterocycles. The normalized spacial score (nSPS) is 11.5. The predicted octanol–water partition coefficient (Wildman–Crippen LogP) is 10.2.